The summed E-state index contributed by atoms with van der Waals surface area (Å²) >= 11 is 1.36. The Morgan fingerprint density at radius 2 is 1.91 bits per heavy atom. The van der Waals surface area contributed by atoms with Crippen LogP contribution >= 0.6 is 11.3 Å². The molecule has 11 heteroatoms. The first-order valence-corrected chi connectivity index (χ1v) is 12.0. The summed E-state index contributed by atoms with van der Waals surface area (Å²) in [7, 11) is 0. The number of pyridine rings is 1. The lowest BCUT2D eigenvalue weighted by Gasteiger charge is -2.37. The van der Waals surface area contributed by atoms with Crippen molar-refractivity contribution < 1.29 is 4.79 Å². The lowest BCUT2D eigenvalue weighted by Crippen LogP contribution is -2.49. The topological polar surface area (TPSA) is 118 Å². The molecule has 176 valence electrons. The van der Waals surface area contributed by atoms with Gasteiger partial charge < -0.3 is 16.0 Å². The molecule has 4 aromatic rings. The molecule has 10 nitrogen and oxygen atoms in total. The standard InChI is InChI=1S/C23H27N9OS/c1-14(2)30-6-8-31(9-7-30)20-5-4-16(11-25-20)29-22-23-27-13-28-32(23)18(12-26-22)17-10-19(21(24)33)34-15(17)3/h4-5,10-14H,6-9H2,1-3H3,(H2,24,33)(H,26,29). The monoisotopic (exact) mass is 477 g/mol. The predicted molar refractivity (Wildman–Crippen MR) is 134 cm³/mol. The van der Waals surface area contributed by atoms with Crippen molar-refractivity contribution in [2.45, 2.75) is 26.8 Å². The van der Waals surface area contributed by atoms with Crippen LogP contribution in [0.4, 0.5) is 17.3 Å². The van der Waals surface area contributed by atoms with E-state index in [0.717, 1.165) is 53.8 Å². The average molecular weight is 478 g/mol. The number of rotatable bonds is 6. The number of nitrogens with one attached hydrogen (secondary N) is 1. The molecule has 1 fully saturated rings. The fourth-order valence-corrected chi connectivity index (χ4v) is 5.08. The first kappa shape index (κ1) is 22.2. The van der Waals surface area contributed by atoms with Gasteiger partial charge in [0.1, 0.15) is 12.1 Å². The van der Waals surface area contributed by atoms with E-state index in [1.807, 2.05) is 25.3 Å². The highest BCUT2D eigenvalue weighted by Crippen LogP contribution is 2.32. The Morgan fingerprint density at radius 1 is 1.12 bits per heavy atom. The van der Waals surface area contributed by atoms with Crippen molar-refractivity contribution in [2.75, 3.05) is 36.4 Å². The number of nitrogens with two attached hydrogens (primary N) is 1. The molecular formula is C23H27N9OS. The smallest absolute Gasteiger partial charge is 0.258 e. The number of primary amides is 1. The number of hydrogen-bond acceptors (Lipinski definition) is 9. The zero-order chi connectivity index (χ0) is 23.8. The molecule has 0 saturated carbocycles. The van der Waals surface area contributed by atoms with Crippen LogP contribution in [0.25, 0.3) is 16.9 Å². The molecule has 3 N–H and O–H groups in total. The summed E-state index contributed by atoms with van der Waals surface area (Å²) < 4.78 is 1.71. The molecule has 1 saturated heterocycles. The second-order valence-electron chi connectivity index (χ2n) is 8.58. The number of aromatic nitrogens is 5. The van der Waals surface area contributed by atoms with Crippen LogP contribution in [0.3, 0.4) is 0 Å². The highest BCUT2D eigenvalue weighted by atomic mass is 32.1. The van der Waals surface area contributed by atoms with Gasteiger partial charge in [-0.3, -0.25) is 9.69 Å². The molecule has 0 spiro atoms. The fraction of sp³-hybridized carbons (Fsp3) is 0.348. The number of thiophene rings is 1. The zero-order valence-corrected chi connectivity index (χ0v) is 20.2. The zero-order valence-electron chi connectivity index (χ0n) is 19.4. The Kier molecular flexibility index (Phi) is 5.88. The van der Waals surface area contributed by atoms with Crippen LogP contribution in [0.2, 0.25) is 0 Å². The molecule has 0 aliphatic carbocycles. The van der Waals surface area contributed by atoms with E-state index in [-0.39, 0.29) is 0 Å². The third-order valence-corrected chi connectivity index (χ3v) is 7.18. The third-order valence-electron chi connectivity index (χ3n) is 6.12. The number of carbonyl (C=O) groups is 1. The Labute approximate surface area is 201 Å². The maximum absolute atomic E-state index is 11.6. The summed E-state index contributed by atoms with van der Waals surface area (Å²) in [6, 6.07) is 6.38. The van der Waals surface area contributed by atoms with Gasteiger partial charge in [-0.1, -0.05) is 0 Å². The molecule has 1 amide bonds. The van der Waals surface area contributed by atoms with Crippen LogP contribution < -0.4 is 16.0 Å². The molecule has 5 heterocycles. The molecule has 0 aromatic carbocycles. The van der Waals surface area contributed by atoms with E-state index >= 15 is 0 Å². The first-order chi connectivity index (χ1) is 16.4. The molecule has 5 rings (SSSR count). The van der Waals surface area contributed by atoms with Crippen molar-refractivity contribution >= 4 is 40.2 Å². The van der Waals surface area contributed by atoms with Crippen LogP contribution in [0.15, 0.2) is 36.9 Å². The van der Waals surface area contributed by atoms with Gasteiger partial charge in [-0.25, -0.2) is 19.5 Å². The highest BCUT2D eigenvalue weighted by Gasteiger charge is 2.20. The number of hydrogen-bond donors (Lipinski definition) is 2. The van der Waals surface area contributed by atoms with Gasteiger partial charge in [-0.2, -0.15) is 5.10 Å². The van der Waals surface area contributed by atoms with E-state index in [0.29, 0.717) is 22.4 Å². The minimum atomic E-state index is -0.446. The van der Waals surface area contributed by atoms with Gasteiger partial charge >= 0.3 is 0 Å². The van der Waals surface area contributed by atoms with Gasteiger partial charge in [-0.15, -0.1) is 11.3 Å². The van der Waals surface area contributed by atoms with Crippen LogP contribution in [0, 0.1) is 6.92 Å². The SMILES string of the molecule is Cc1sc(C(N)=O)cc1-c1cnc(Nc2ccc(N3CCN(C(C)C)CC3)nc2)c2ncnn12. The summed E-state index contributed by atoms with van der Waals surface area (Å²) in [5.74, 6) is 1.10. The van der Waals surface area contributed by atoms with E-state index in [1.165, 1.54) is 17.7 Å². The van der Waals surface area contributed by atoms with Crippen LogP contribution in [-0.2, 0) is 0 Å². The Morgan fingerprint density at radius 3 is 2.56 bits per heavy atom. The number of carbonyl (C=O) groups excluding carboxylic acids is 1. The predicted octanol–water partition coefficient (Wildman–Crippen LogP) is 2.93. The van der Waals surface area contributed by atoms with Gasteiger partial charge in [0.2, 0.25) is 0 Å². The Hall–Kier alpha value is -3.57. The molecule has 0 radical (unpaired) electrons. The summed E-state index contributed by atoms with van der Waals surface area (Å²) in [6.07, 6.45) is 5.02. The van der Waals surface area contributed by atoms with Crippen molar-refractivity contribution in [2.24, 2.45) is 5.73 Å². The van der Waals surface area contributed by atoms with Crippen LogP contribution in [0.1, 0.15) is 28.4 Å². The van der Waals surface area contributed by atoms with Crippen molar-refractivity contribution in [1.82, 2.24) is 29.5 Å². The number of amides is 1. The third kappa shape index (κ3) is 4.19. The minimum absolute atomic E-state index is 0.446. The molecule has 34 heavy (non-hydrogen) atoms. The van der Waals surface area contributed by atoms with Crippen molar-refractivity contribution in [1.29, 1.82) is 0 Å². The van der Waals surface area contributed by atoms with E-state index in [9.17, 15) is 4.79 Å². The number of nitrogens with zero attached hydrogens (tertiary/aromatic N) is 7. The number of fused-ring (bicyclic) bond motifs is 1. The first-order valence-electron chi connectivity index (χ1n) is 11.2. The molecule has 1 aliphatic heterocycles. The Balaban J connectivity index is 1.36. The molecule has 1 aliphatic rings. The molecule has 0 bridgehead atoms. The maximum Gasteiger partial charge on any atom is 0.258 e. The van der Waals surface area contributed by atoms with Crippen molar-refractivity contribution in [3.05, 3.63) is 46.7 Å². The number of anilines is 3. The minimum Gasteiger partial charge on any atom is -0.365 e. The van der Waals surface area contributed by atoms with Crippen molar-refractivity contribution in [3.8, 4) is 11.3 Å². The maximum atomic E-state index is 11.6. The lowest BCUT2D eigenvalue weighted by molar-refractivity contribution is 0.100. The summed E-state index contributed by atoms with van der Waals surface area (Å²) in [4.78, 5) is 31.5. The summed E-state index contributed by atoms with van der Waals surface area (Å²) in [5.41, 5.74) is 8.45. The van der Waals surface area contributed by atoms with E-state index in [1.54, 1.807) is 16.8 Å². The molecule has 0 unspecified atom stereocenters. The lowest BCUT2D eigenvalue weighted by atomic mass is 10.2. The van der Waals surface area contributed by atoms with Crippen molar-refractivity contribution in [3.63, 3.8) is 0 Å². The highest BCUT2D eigenvalue weighted by molar-refractivity contribution is 7.14. The van der Waals surface area contributed by atoms with Gasteiger partial charge in [-0.05, 0) is 39.0 Å². The summed E-state index contributed by atoms with van der Waals surface area (Å²) in [6.45, 7) is 10.5. The largest absolute Gasteiger partial charge is 0.365 e. The van der Waals surface area contributed by atoms with E-state index in [2.05, 4.69) is 49.0 Å². The molecule has 0 atom stereocenters. The normalized spacial score (nSPS) is 14.8. The van der Waals surface area contributed by atoms with Crippen LogP contribution in [-0.4, -0.2) is 67.6 Å². The fourth-order valence-electron chi connectivity index (χ4n) is 4.20. The molecule has 4 aromatic heterocycles. The quantitative estimate of drug-likeness (QED) is 0.435. The Bertz CT molecular complexity index is 1320. The van der Waals surface area contributed by atoms with E-state index < -0.39 is 5.91 Å². The van der Waals surface area contributed by atoms with Gasteiger partial charge in [0.15, 0.2) is 11.5 Å². The average Bonchev–Trinajstić information content (AvgIpc) is 3.48. The van der Waals surface area contributed by atoms with Gasteiger partial charge in [0.25, 0.3) is 5.91 Å². The number of aryl methyl sites for hydroxylation is 1. The second kappa shape index (κ2) is 8.99. The summed E-state index contributed by atoms with van der Waals surface area (Å²) in [5, 5.41) is 7.68. The molecular weight excluding hydrogens is 450 g/mol. The van der Waals surface area contributed by atoms with Crippen LogP contribution in [0.5, 0.6) is 0 Å². The second-order valence-corrected chi connectivity index (χ2v) is 9.84. The van der Waals surface area contributed by atoms with Gasteiger partial charge in [0.05, 0.1) is 28.7 Å². The number of piperazine rings is 1. The van der Waals surface area contributed by atoms with E-state index in [4.69, 9.17) is 5.73 Å². The van der Waals surface area contributed by atoms with Gasteiger partial charge in [0, 0.05) is 42.7 Å².